The van der Waals surface area contributed by atoms with Gasteiger partial charge in [-0.25, -0.2) is 0 Å². The van der Waals surface area contributed by atoms with E-state index in [1.54, 1.807) is 0 Å². The fourth-order valence-electron chi connectivity index (χ4n) is 5.01. The maximum atomic E-state index is 10.5. The van der Waals surface area contributed by atoms with E-state index in [4.69, 9.17) is 4.74 Å². The Bertz CT molecular complexity index is 993. The molecule has 3 nitrogen and oxygen atoms in total. The Morgan fingerprint density at radius 1 is 0.788 bits per heavy atom. The van der Waals surface area contributed by atoms with Gasteiger partial charge in [-0.3, -0.25) is 4.90 Å². The minimum absolute atomic E-state index is 0.00335. The summed E-state index contributed by atoms with van der Waals surface area (Å²) in [6.45, 7) is 6.68. The number of nitrogens with zero attached hydrogens (tertiary/aromatic N) is 2. The third kappa shape index (κ3) is 5.29. The Morgan fingerprint density at radius 3 is 1.76 bits per heavy atom. The van der Waals surface area contributed by atoms with Crippen molar-refractivity contribution in [1.29, 1.82) is 5.26 Å². The van der Waals surface area contributed by atoms with E-state index < -0.39 is 5.41 Å². The molecule has 3 aromatic carbocycles. The first-order valence-electron chi connectivity index (χ1n) is 12.0. The number of rotatable bonds is 8. The normalized spacial score (nSPS) is 15.7. The third-order valence-corrected chi connectivity index (χ3v) is 7.18. The number of benzene rings is 3. The lowest BCUT2D eigenvalue weighted by molar-refractivity contribution is 0.0344. The molecule has 1 aliphatic heterocycles. The Kier molecular flexibility index (Phi) is 7.16. The largest absolute Gasteiger partial charge is 0.490 e. The van der Waals surface area contributed by atoms with Gasteiger partial charge in [-0.2, -0.15) is 5.26 Å². The van der Waals surface area contributed by atoms with Crippen molar-refractivity contribution in [3.8, 4) is 11.8 Å². The predicted octanol–water partition coefficient (Wildman–Crippen LogP) is 6.60. The number of piperidine rings is 1. The van der Waals surface area contributed by atoms with E-state index in [1.165, 1.54) is 0 Å². The van der Waals surface area contributed by atoms with Crippen LogP contribution in [0.5, 0.6) is 5.75 Å². The molecule has 1 aliphatic rings. The van der Waals surface area contributed by atoms with Gasteiger partial charge in [-0.1, -0.05) is 78.9 Å². The first-order valence-corrected chi connectivity index (χ1v) is 12.0. The zero-order valence-corrected chi connectivity index (χ0v) is 19.8. The molecule has 0 saturated carbocycles. The van der Waals surface area contributed by atoms with Crippen molar-refractivity contribution < 1.29 is 4.74 Å². The zero-order chi connectivity index (χ0) is 23.2. The quantitative estimate of drug-likeness (QED) is 0.398. The molecule has 3 heteroatoms. The van der Waals surface area contributed by atoms with Crippen LogP contribution in [0.4, 0.5) is 0 Å². The molecule has 33 heavy (non-hydrogen) atoms. The van der Waals surface area contributed by atoms with Crippen LogP contribution in [0.2, 0.25) is 0 Å². The van der Waals surface area contributed by atoms with Gasteiger partial charge in [0, 0.05) is 18.6 Å². The number of ether oxygens (including phenoxy) is 1. The van der Waals surface area contributed by atoms with Crippen molar-refractivity contribution in [2.45, 2.75) is 56.6 Å². The van der Waals surface area contributed by atoms with Crippen molar-refractivity contribution in [1.82, 2.24) is 4.90 Å². The summed E-state index contributed by atoms with van der Waals surface area (Å²) < 4.78 is 6.19. The number of para-hydroxylation sites is 1. The van der Waals surface area contributed by atoms with Crippen LogP contribution in [0.25, 0.3) is 0 Å². The summed E-state index contributed by atoms with van der Waals surface area (Å²) in [7, 11) is 0. The summed E-state index contributed by atoms with van der Waals surface area (Å²) in [5.41, 5.74) is 1.51. The summed E-state index contributed by atoms with van der Waals surface area (Å²) in [4.78, 5) is 2.58. The molecule has 0 bridgehead atoms. The average Bonchev–Trinajstić information content (AvgIpc) is 2.87. The van der Waals surface area contributed by atoms with Crippen molar-refractivity contribution in [2.24, 2.45) is 0 Å². The smallest absolute Gasteiger partial charge is 0.119 e. The van der Waals surface area contributed by atoms with Gasteiger partial charge in [-0.15, -0.1) is 0 Å². The van der Waals surface area contributed by atoms with Gasteiger partial charge in [0.25, 0.3) is 0 Å². The van der Waals surface area contributed by atoms with E-state index in [-0.39, 0.29) is 11.6 Å². The molecular weight excluding hydrogens is 404 g/mol. The molecule has 1 heterocycles. The van der Waals surface area contributed by atoms with Crippen LogP contribution in [-0.4, -0.2) is 29.6 Å². The van der Waals surface area contributed by atoms with Crippen LogP contribution in [0.1, 0.15) is 50.7 Å². The minimum Gasteiger partial charge on any atom is -0.490 e. The highest BCUT2D eigenvalue weighted by Crippen LogP contribution is 2.39. The maximum Gasteiger partial charge on any atom is 0.119 e. The summed E-state index contributed by atoms with van der Waals surface area (Å²) in [6.07, 6.45) is 4.05. The second-order valence-corrected chi connectivity index (χ2v) is 9.68. The Labute approximate surface area is 198 Å². The van der Waals surface area contributed by atoms with Gasteiger partial charge in [-0.05, 0) is 62.8 Å². The second-order valence-electron chi connectivity index (χ2n) is 9.68. The Morgan fingerprint density at radius 2 is 1.27 bits per heavy atom. The lowest BCUT2D eigenvalue weighted by Crippen LogP contribution is -2.50. The molecule has 3 aromatic rings. The first kappa shape index (κ1) is 23.1. The molecule has 0 radical (unpaired) electrons. The number of nitriles is 1. The van der Waals surface area contributed by atoms with E-state index in [2.05, 4.69) is 49.1 Å². The lowest BCUT2D eigenvalue weighted by Gasteiger charge is -2.44. The zero-order valence-electron chi connectivity index (χ0n) is 19.8. The standard InChI is InChI=1S/C30H34N2O/c1-29(2,32-22-18-28(19-23-32)33-27-16-10-5-11-17-27)20-21-30(24-31,25-12-6-3-7-13-25)26-14-8-4-9-15-26/h3-17,28H,18-23H2,1-2H3. The van der Waals surface area contributed by atoms with Crippen LogP contribution in [0.15, 0.2) is 91.0 Å². The van der Waals surface area contributed by atoms with Crippen molar-refractivity contribution in [2.75, 3.05) is 13.1 Å². The van der Waals surface area contributed by atoms with Gasteiger partial charge in [0.05, 0.1) is 6.07 Å². The number of hydrogen-bond donors (Lipinski definition) is 0. The molecule has 0 unspecified atom stereocenters. The highest BCUT2D eigenvalue weighted by Gasteiger charge is 2.38. The monoisotopic (exact) mass is 438 g/mol. The van der Waals surface area contributed by atoms with Crippen LogP contribution >= 0.6 is 0 Å². The van der Waals surface area contributed by atoms with Gasteiger partial charge < -0.3 is 4.74 Å². The SMILES string of the molecule is CC(C)(CCC(C#N)(c1ccccc1)c1ccccc1)N1CCC(Oc2ccccc2)CC1. The van der Waals surface area contributed by atoms with E-state index >= 15 is 0 Å². The number of hydrogen-bond acceptors (Lipinski definition) is 3. The topological polar surface area (TPSA) is 36.3 Å². The Hall–Kier alpha value is -3.09. The molecule has 1 fully saturated rings. The lowest BCUT2D eigenvalue weighted by atomic mass is 9.70. The molecule has 0 atom stereocenters. The van der Waals surface area contributed by atoms with E-state index in [0.717, 1.165) is 55.6 Å². The average molecular weight is 439 g/mol. The van der Waals surface area contributed by atoms with Crippen LogP contribution in [0, 0.1) is 11.3 Å². The fourth-order valence-corrected chi connectivity index (χ4v) is 5.01. The summed E-state index contributed by atoms with van der Waals surface area (Å²) in [5, 5.41) is 10.5. The van der Waals surface area contributed by atoms with Crippen LogP contribution in [-0.2, 0) is 5.41 Å². The van der Waals surface area contributed by atoms with Gasteiger partial charge >= 0.3 is 0 Å². The molecule has 4 rings (SSSR count). The molecule has 0 spiro atoms. The predicted molar refractivity (Wildman–Crippen MR) is 134 cm³/mol. The van der Waals surface area contributed by atoms with Crippen molar-refractivity contribution in [3.05, 3.63) is 102 Å². The Balaban J connectivity index is 1.45. The minimum atomic E-state index is -0.644. The van der Waals surface area contributed by atoms with E-state index in [9.17, 15) is 5.26 Å². The molecular formula is C30H34N2O. The molecule has 0 aromatic heterocycles. The fraction of sp³-hybridized carbons (Fsp3) is 0.367. The van der Waals surface area contributed by atoms with Crippen molar-refractivity contribution in [3.63, 3.8) is 0 Å². The van der Waals surface area contributed by atoms with Gasteiger partial charge in [0.2, 0.25) is 0 Å². The molecule has 0 aliphatic carbocycles. The number of likely N-dealkylation sites (tertiary alicyclic amines) is 1. The molecule has 170 valence electrons. The van der Waals surface area contributed by atoms with Gasteiger partial charge in [0.1, 0.15) is 17.3 Å². The van der Waals surface area contributed by atoms with Crippen LogP contribution in [0.3, 0.4) is 0 Å². The third-order valence-electron chi connectivity index (χ3n) is 7.18. The second kappa shape index (κ2) is 10.2. The van der Waals surface area contributed by atoms with Gasteiger partial charge in [0.15, 0.2) is 0 Å². The highest BCUT2D eigenvalue weighted by atomic mass is 16.5. The van der Waals surface area contributed by atoms with E-state index in [0.29, 0.717) is 0 Å². The highest BCUT2D eigenvalue weighted by molar-refractivity contribution is 5.45. The molecule has 0 amide bonds. The summed E-state index contributed by atoms with van der Waals surface area (Å²) in [5.74, 6) is 0.958. The maximum absolute atomic E-state index is 10.5. The van der Waals surface area contributed by atoms with Crippen molar-refractivity contribution >= 4 is 0 Å². The molecule has 0 N–H and O–H groups in total. The summed E-state index contributed by atoms with van der Waals surface area (Å²) >= 11 is 0. The van der Waals surface area contributed by atoms with E-state index in [1.807, 2.05) is 66.7 Å². The molecule has 1 saturated heterocycles. The van der Waals surface area contributed by atoms with Crippen LogP contribution < -0.4 is 4.74 Å². The summed E-state index contributed by atoms with van der Waals surface area (Å²) in [6, 6.07) is 33.4. The first-order chi connectivity index (χ1) is 16.0.